The number of esters is 2. The third-order valence-electron chi connectivity index (χ3n) is 5.04. The van der Waals surface area contributed by atoms with Crippen LogP contribution in [-0.4, -0.2) is 55.2 Å². The molecule has 9 nitrogen and oxygen atoms in total. The first-order valence-corrected chi connectivity index (χ1v) is 11.4. The number of aryl methyl sites for hydroxylation is 1. The molecule has 0 saturated carbocycles. The lowest BCUT2D eigenvalue weighted by atomic mass is 9.99. The van der Waals surface area contributed by atoms with E-state index in [4.69, 9.17) is 37.0 Å². The van der Waals surface area contributed by atoms with Crippen molar-refractivity contribution in [1.82, 2.24) is 5.32 Å². The first-order valence-electron chi connectivity index (χ1n) is 11.0. The number of alkyl halides is 3. The van der Waals surface area contributed by atoms with Crippen LogP contribution in [0.5, 0.6) is 5.75 Å². The van der Waals surface area contributed by atoms with Gasteiger partial charge in [-0.3, -0.25) is 10.2 Å². The Morgan fingerprint density at radius 3 is 2.50 bits per heavy atom. The fourth-order valence-electron chi connectivity index (χ4n) is 3.48. The van der Waals surface area contributed by atoms with Crippen LogP contribution in [0.3, 0.4) is 0 Å². The number of unbranched alkanes of at least 4 members (excludes halogenated alkanes) is 1. The molecule has 2 atom stereocenters. The number of nitrogens with two attached hydrogens (primary N) is 1. The van der Waals surface area contributed by atoms with Crippen molar-refractivity contribution in [3.63, 3.8) is 0 Å². The summed E-state index contributed by atoms with van der Waals surface area (Å²) in [5.41, 5.74) is 5.07. The van der Waals surface area contributed by atoms with E-state index in [1.54, 1.807) is 0 Å². The normalized spacial score (nSPS) is 15.6. The molecule has 13 heteroatoms. The van der Waals surface area contributed by atoms with Crippen molar-refractivity contribution >= 4 is 41.4 Å². The zero-order valence-corrected chi connectivity index (χ0v) is 20.4. The molecule has 1 heterocycles. The van der Waals surface area contributed by atoms with Crippen LogP contribution in [0.4, 0.5) is 13.2 Å². The number of amides is 1. The lowest BCUT2D eigenvalue weighted by Crippen LogP contribution is -2.42. The minimum absolute atomic E-state index is 0.00318. The quantitative estimate of drug-likeness (QED) is 0.171. The van der Waals surface area contributed by atoms with E-state index in [1.807, 2.05) is 0 Å². The predicted molar refractivity (Wildman–Crippen MR) is 125 cm³/mol. The van der Waals surface area contributed by atoms with Crippen LogP contribution in [0.1, 0.15) is 43.7 Å². The second-order valence-electron chi connectivity index (χ2n) is 8.11. The molecule has 1 aliphatic heterocycles. The summed E-state index contributed by atoms with van der Waals surface area (Å²) in [7, 11) is 0. The van der Waals surface area contributed by atoms with Gasteiger partial charge in [-0.05, 0) is 43.5 Å². The van der Waals surface area contributed by atoms with E-state index in [9.17, 15) is 27.6 Å². The van der Waals surface area contributed by atoms with Crippen molar-refractivity contribution in [1.29, 1.82) is 5.41 Å². The number of fused-ring (bicyclic) bond motifs is 1. The number of ether oxygens (including phenoxy) is 3. The van der Waals surface area contributed by atoms with Crippen LogP contribution in [0, 0.1) is 12.3 Å². The monoisotopic (exact) mass is 533 g/mol. The fourth-order valence-corrected chi connectivity index (χ4v) is 3.76. The molecule has 2 rings (SSSR count). The zero-order chi connectivity index (χ0) is 27.0. The topological polar surface area (TPSA) is 141 Å². The molecule has 36 heavy (non-hydrogen) atoms. The standard InChI is InChI=1S/C23H27ClF3N3O6/c1-12-9-15(24)10-14-11-16(20(23(25,26)27)36-19(12)14)21(32)34-7-8-35-22(33)17(30-13(2)31)5-3-4-6-18(28)29/h9-11,17,20H,3-8H2,1-2H3,(H3,28,29)(H,30,31)/t17-,20-/m0/s1. The van der Waals surface area contributed by atoms with Crippen LogP contribution >= 0.6 is 11.6 Å². The predicted octanol–water partition coefficient (Wildman–Crippen LogP) is 3.44. The summed E-state index contributed by atoms with van der Waals surface area (Å²) in [6.45, 7) is 1.79. The van der Waals surface area contributed by atoms with Crippen molar-refractivity contribution in [2.75, 3.05) is 13.2 Å². The van der Waals surface area contributed by atoms with E-state index >= 15 is 0 Å². The summed E-state index contributed by atoms with van der Waals surface area (Å²) < 4.78 is 55.8. The fraction of sp³-hybridized carbons (Fsp3) is 0.478. The van der Waals surface area contributed by atoms with Crippen molar-refractivity contribution in [3.8, 4) is 5.75 Å². The molecule has 1 amide bonds. The number of hydrogen-bond acceptors (Lipinski definition) is 7. The number of amidine groups is 1. The molecule has 0 unspecified atom stereocenters. The maximum atomic E-state index is 13.6. The highest BCUT2D eigenvalue weighted by Crippen LogP contribution is 2.40. The van der Waals surface area contributed by atoms with E-state index < -0.39 is 55.0 Å². The molecule has 0 aliphatic carbocycles. The second kappa shape index (κ2) is 12.6. The Kier molecular flexibility index (Phi) is 10.1. The first-order chi connectivity index (χ1) is 16.8. The van der Waals surface area contributed by atoms with Gasteiger partial charge in [-0.2, -0.15) is 13.2 Å². The molecule has 1 aliphatic rings. The molecule has 198 valence electrons. The third kappa shape index (κ3) is 8.43. The number of rotatable bonds is 11. The second-order valence-corrected chi connectivity index (χ2v) is 8.54. The summed E-state index contributed by atoms with van der Waals surface area (Å²) in [5, 5.41) is 9.89. The van der Waals surface area contributed by atoms with Gasteiger partial charge >= 0.3 is 18.1 Å². The lowest BCUT2D eigenvalue weighted by Gasteiger charge is -2.29. The Morgan fingerprint density at radius 2 is 1.89 bits per heavy atom. The van der Waals surface area contributed by atoms with E-state index in [-0.39, 0.29) is 28.6 Å². The minimum Gasteiger partial charge on any atom is -0.475 e. The Hall–Kier alpha value is -3.28. The highest BCUT2D eigenvalue weighted by Gasteiger charge is 2.49. The Bertz CT molecular complexity index is 1040. The van der Waals surface area contributed by atoms with E-state index in [1.165, 1.54) is 26.0 Å². The molecule has 0 radical (unpaired) electrons. The Labute approximate surface area is 210 Å². The highest BCUT2D eigenvalue weighted by atomic mass is 35.5. The van der Waals surface area contributed by atoms with Crippen molar-refractivity contribution in [3.05, 3.63) is 33.9 Å². The SMILES string of the molecule is CC(=O)N[C@@H](CCCCC(=N)N)C(=O)OCCOC(=O)C1=Cc2cc(Cl)cc(C)c2O[C@@H]1C(F)(F)F. The molecule has 0 bridgehead atoms. The minimum atomic E-state index is -4.89. The van der Waals surface area contributed by atoms with Crippen LogP contribution in [0.2, 0.25) is 5.02 Å². The van der Waals surface area contributed by atoms with Crippen LogP contribution < -0.4 is 15.8 Å². The van der Waals surface area contributed by atoms with Gasteiger partial charge in [-0.1, -0.05) is 18.0 Å². The molecule has 0 spiro atoms. The van der Waals surface area contributed by atoms with Crippen molar-refractivity contribution < 1.29 is 41.8 Å². The van der Waals surface area contributed by atoms with Gasteiger partial charge in [-0.25, -0.2) is 9.59 Å². The van der Waals surface area contributed by atoms with Gasteiger partial charge < -0.3 is 25.3 Å². The van der Waals surface area contributed by atoms with Crippen LogP contribution in [-0.2, 0) is 23.9 Å². The molecular weight excluding hydrogens is 507 g/mol. The Morgan fingerprint density at radius 1 is 1.22 bits per heavy atom. The maximum absolute atomic E-state index is 13.6. The van der Waals surface area contributed by atoms with Crippen LogP contribution in [0.15, 0.2) is 17.7 Å². The molecular formula is C23H27ClF3N3O6. The third-order valence-corrected chi connectivity index (χ3v) is 5.26. The number of hydrogen-bond donors (Lipinski definition) is 3. The van der Waals surface area contributed by atoms with Gasteiger partial charge in [-0.15, -0.1) is 0 Å². The average molecular weight is 534 g/mol. The van der Waals surface area contributed by atoms with E-state index in [0.29, 0.717) is 24.8 Å². The number of carbonyl (C=O) groups excluding carboxylic acids is 3. The lowest BCUT2D eigenvalue weighted by molar-refractivity contribution is -0.188. The number of carbonyl (C=O) groups is 3. The van der Waals surface area contributed by atoms with E-state index in [2.05, 4.69) is 5.32 Å². The Balaban J connectivity index is 1.99. The summed E-state index contributed by atoms with van der Waals surface area (Å²) in [6.07, 6.45) is -4.85. The van der Waals surface area contributed by atoms with Gasteiger partial charge in [0.1, 0.15) is 25.0 Å². The molecule has 4 N–H and O–H groups in total. The number of nitrogens with one attached hydrogen (secondary N) is 2. The van der Waals surface area contributed by atoms with Gasteiger partial charge in [0.05, 0.1) is 11.4 Å². The van der Waals surface area contributed by atoms with Gasteiger partial charge in [0.2, 0.25) is 12.0 Å². The summed E-state index contributed by atoms with van der Waals surface area (Å²) in [6, 6.07) is 1.83. The number of halogens is 4. The molecule has 1 aromatic rings. The summed E-state index contributed by atoms with van der Waals surface area (Å²) in [4.78, 5) is 36.1. The molecule has 0 saturated heterocycles. The van der Waals surface area contributed by atoms with E-state index in [0.717, 1.165) is 6.08 Å². The van der Waals surface area contributed by atoms with Gasteiger partial charge in [0.15, 0.2) is 0 Å². The molecule has 0 aromatic heterocycles. The highest BCUT2D eigenvalue weighted by molar-refractivity contribution is 6.30. The maximum Gasteiger partial charge on any atom is 0.430 e. The molecule has 1 aromatic carbocycles. The summed E-state index contributed by atoms with van der Waals surface area (Å²) in [5.74, 6) is -2.59. The molecule has 0 fully saturated rings. The number of benzene rings is 1. The largest absolute Gasteiger partial charge is 0.475 e. The van der Waals surface area contributed by atoms with Crippen LogP contribution in [0.25, 0.3) is 6.08 Å². The van der Waals surface area contributed by atoms with Gasteiger partial charge in [0, 0.05) is 23.9 Å². The van der Waals surface area contributed by atoms with Crippen molar-refractivity contribution in [2.24, 2.45) is 5.73 Å². The smallest absolute Gasteiger partial charge is 0.430 e. The van der Waals surface area contributed by atoms with Crippen molar-refractivity contribution in [2.45, 2.75) is 57.9 Å². The first kappa shape index (κ1) is 29.0. The average Bonchev–Trinajstić information content (AvgIpc) is 2.76. The summed E-state index contributed by atoms with van der Waals surface area (Å²) >= 11 is 5.97. The van der Waals surface area contributed by atoms with Gasteiger partial charge in [0.25, 0.3) is 0 Å². The zero-order valence-electron chi connectivity index (χ0n) is 19.7.